The van der Waals surface area contributed by atoms with Gasteiger partial charge in [-0.15, -0.1) is 0 Å². The van der Waals surface area contributed by atoms with Crippen molar-refractivity contribution < 1.29 is 14.8 Å². The van der Waals surface area contributed by atoms with Gasteiger partial charge < -0.3 is 14.7 Å². The van der Waals surface area contributed by atoms with Crippen LogP contribution in [0.15, 0.2) is 12.1 Å². The van der Waals surface area contributed by atoms with Crippen LogP contribution < -0.4 is 4.90 Å². The maximum Gasteiger partial charge on any atom is 0.311 e. The monoisotopic (exact) mass is 275 g/mol. The Kier molecular flexibility index (Phi) is 5.76. The Hall–Kier alpha value is -1.44. The van der Waals surface area contributed by atoms with Crippen molar-refractivity contribution in [1.82, 2.24) is 4.98 Å². The molecule has 1 aromatic rings. The van der Waals surface area contributed by atoms with E-state index in [4.69, 9.17) is 21.4 Å². The lowest BCUT2D eigenvalue weighted by molar-refractivity contribution is -0.384. The summed E-state index contributed by atoms with van der Waals surface area (Å²) in [5.41, 5.74) is -0.149. The number of hydrogen-bond donors (Lipinski definition) is 1. The van der Waals surface area contributed by atoms with Crippen LogP contribution in [0.1, 0.15) is 0 Å². The molecule has 0 bridgehead atoms. The summed E-state index contributed by atoms with van der Waals surface area (Å²) < 4.78 is 4.92. The lowest BCUT2D eigenvalue weighted by Gasteiger charge is -2.22. The predicted molar refractivity (Wildman–Crippen MR) is 67.1 cm³/mol. The lowest BCUT2D eigenvalue weighted by Crippen LogP contribution is -2.31. The molecule has 0 saturated heterocycles. The van der Waals surface area contributed by atoms with E-state index in [1.807, 2.05) is 0 Å². The van der Waals surface area contributed by atoms with Gasteiger partial charge in [0.15, 0.2) is 0 Å². The molecule has 1 N–H and O–H groups in total. The number of nitro groups is 1. The number of pyridine rings is 1. The minimum absolute atomic E-state index is 0.138. The molecule has 0 spiro atoms. The molecule has 0 aliphatic heterocycles. The Balaban J connectivity index is 3.07. The van der Waals surface area contributed by atoms with Crippen LogP contribution in [0.5, 0.6) is 0 Å². The van der Waals surface area contributed by atoms with Crippen LogP contribution in [-0.4, -0.2) is 48.4 Å². The van der Waals surface area contributed by atoms with Crippen LogP contribution in [-0.2, 0) is 4.74 Å². The molecule has 0 aliphatic carbocycles. The van der Waals surface area contributed by atoms with Crippen molar-refractivity contribution in [2.24, 2.45) is 0 Å². The van der Waals surface area contributed by atoms with Gasteiger partial charge in [0.1, 0.15) is 5.15 Å². The van der Waals surface area contributed by atoms with E-state index in [1.165, 1.54) is 19.2 Å². The molecule has 1 rings (SSSR count). The highest BCUT2D eigenvalue weighted by Gasteiger charge is 2.21. The molecule has 0 saturated carbocycles. The smallest absolute Gasteiger partial charge is 0.311 e. The summed E-state index contributed by atoms with van der Waals surface area (Å²) in [6, 6.07) is 2.65. The number of aromatic nitrogens is 1. The molecule has 1 heterocycles. The summed E-state index contributed by atoms with van der Waals surface area (Å²) >= 11 is 5.75. The second kappa shape index (κ2) is 7.10. The number of nitrogens with zero attached hydrogens (tertiary/aromatic N) is 3. The Morgan fingerprint density at radius 2 is 2.28 bits per heavy atom. The Bertz CT molecular complexity index is 416. The number of rotatable bonds is 7. The zero-order chi connectivity index (χ0) is 13.5. The first-order valence-corrected chi connectivity index (χ1v) is 5.63. The molecule has 18 heavy (non-hydrogen) atoms. The van der Waals surface area contributed by atoms with Gasteiger partial charge in [0.2, 0.25) is 5.82 Å². The molecule has 8 heteroatoms. The Morgan fingerprint density at radius 1 is 1.56 bits per heavy atom. The van der Waals surface area contributed by atoms with E-state index in [2.05, 4.69) is 4.98 Å². The number of ether oxygens (including phenoxy) is 1. The van der Waals surface area contributed by atoms with E-state index in [0.717, 1.165) is 0 Å². The highest BCUT2D eigenvalue weighted by Crippen LogP contribution is 2.27. The highest BCUT2D eigenvalue weighted by atomic mass is 35.5. The van der Waals surface area contributed by atoms with Crippen molar-refractivity contribution in [3.63, 3.8) is 0 Å². The van der Waals surface area contributed by atoms with Crippen LogP contribution >= 0.6 is 11.6 Å². The van der Waals surface area contributed by atoms with Gasteiger partial charge in [0, 0.05) is 26.3 Å². The van der Waals surface area contributed by atoms with E-state index in [9.17, 15) is 10.1 Å². The molecule has 1 aromatic heterocycles. The first-order chi connectivity index (χ1) is 8.60. The molecule has 7 nitrogen and oxygen atoms in total. The fourth-order valence-corrected chi connectivity index (χ4v) is 1.58. The van der Waals surface area contributed by atoms with Gasteiger partial charge in [-0.1, -0.05) is 11.6 Å². The van der Waals surface area contributed by atoms with Crippen molar-refractivity contribution in [3.8, 4) is 0 Å². The molecule has 0 radical (unpaired) electrons. The van der Waals surface area contributed by atoms with Crippen LogP contribution in [0.4, 0.5) is 11.5 Å². The van der Waals surface area contributed by atoms with Crippen molar-refractivity contribution in [2.75, 3.05) is 38.3 Å². The first-order valence-electron chi connectivity index (χ1n) is 5.25. The summed E-state index contributed by atoms with van der Waals surface area (Å²) in [7, 11) is 1.52. The zero-order valence-electron chi connectivity index (χ0n) is 9.87. The number of hydrogen-bond acceptors (Lipinski definition) is 6. The minimum Gasteiger partial charge on any atom is -0.395 e. The van der Waals surface area contributed by atoms with E-state index in [-0.39, 0.29) is 29.8 Å². The van der Waals surface area contributed by atoms with E-state index >= 15 is 0 Å². The molecule has 0 amide bonds. The van der Waals surface area contributed by atoms with Crippen LogP contribution in [0, 0.1) is 10.1 Å². The summed E-state index contributed by atoms with van der Waals surface area (Å²) in [5.74, 6) is 0.138. The predicted octanol–water partition coefficient (Wildman–Crippen LogP) is 1.09. The minimum atomic E-state index is -0.532. The average molecular weight is 276 g/mol. The van der Waals surface area contributed by atoms with Crippen LogP contribution in [0.25, 0.3) is 0 Å². The largest absolute Gasteiger partial charge is 0.395 e. The maximum absolute atomic E-state index is 10.9. The van der Waals surface area contributed by atoms with Gasteiger partial charge in [0.05, 0.1) is 18.1 Å². The van der Waals surface area contributed by atoms with Gasteiger partial charge in [0.25, 0.3) is 0 Å². The number of halogens is 1. The molecular formula is C10H14ClN3O4. The summed E-state index contributed by atoms with van der Waals surface area (Å²) in [6.45, 7) is 0.823. The Labute approximate surface area is 109 Å². The lowest BCUT2D eigenvalue weighted by atomic mass is 10.3. The molecular weight excluding hydrogens is 262 g/mol. The van der Waals surface area contributed by atoms with Crippen molar-refractivity contribution in [1.29, 1.82) is 0 Å². The van der Waals surface area contributed by atoms with Crippen molar-refractivity contribution in [2.45, 2.75) is 0 Å². The van der Waals surface area contributed by atoms with Crippen LogP contribution in [0.3, 0.4) is 0 Å². The Morgan fingerprint density at radius 3 is 2.83 bits per heavy atom. The third-order valence-corrected chi connectivity index (χ3v) is 2.46. The molecule has 0 aliphatic rings. The van der Waals surface area contributed by atoms with Gasteiger partial charge in [-0.05, 0) is 6.07 Å². The van der Waals surface area contributed by atoms with Crippen LogP contribution in [0.2, 0.25) is 5.15 Å². The number of anilines is 1. The zero-order valence-corrected chi connectivity index (χ0v) is 10.6. The van der Waals surface area contributed by atoms with E-state index < -0.39 is 4.92 Å². The number of aliphatic hydroxyl groups is 1. The normalized spacial score (nSPS) is 10.4. The van der Waals surface area contributed by atoms with E-state index in [0.29, 0.717) is 13.2 Å². The summed E-state index contributed by atoms with van der Waals surface area (Å²) in [4.78, 5) is 15.9. The average Bonchev–Trinajstić information content (AvgIpc) is 2.34. The second-order valence-electron chi connectivity index (χ2n) is 3.44. The third-order valence-electron chi connectivity index (χ3n) is 2.25. The van der Waals surface area contributed by atoms with Gasteiger partial charge >= 0.3 is 5.69 Å². The molecule has 0 aromatic carbocycles. The first kappa shape index (κ1) is 14.6. The third kappa shape index (κ3) is 3.80. The molecule has 0 fully saturated rings. The van der Waals surface area contributed by atoms with Gasteiger partial charge in [-0.3, -0.25) is 10.1 Å². The standard InChI is InChI=1S/C10H14ClN3O4/c1-18-7-5-13(4-6-15)10-8(14(16)17)2-3-9(11)12-10/h2-3,15H,4-7H2,1H3. The fourth-order valence-electron chi connectivity index (χ4n) is 1.44. The van der Waals surface area contributed by atoms with Crippen molar-refractivity contribution >= 4 is 23.1 Å². The maximum atomic E-state index is 10.9. The molecule has 0 atom stereocenters. The second-order valence-corrected chi connectivity index (χ2v) is 3.82. The molecule has 0 unspecified atom stereocenters. The topological polar surface area (TPSA) is 88.7 Å². The van der Waals surface area contributed by atoms with Crippen molar-refractivity contribution in [3.05, 3.63) is 27.4 Å². The van der Waals surface area contributed by atoms with Gasteiger partial charge in [-0.2, -0.15) is 0 Å². The highest BCUT2D eigenvalue weighted by molar-refractivity contribution is 6.29. The number of methoxy groups -OCH3 is 1. The summed E-state index contributed by atoms with van der Waals surface area (Å²) in [5, 5.41) is 20.1. The fraction of sp³-hybridized carbons (Fsp3) is 0.500. The summed E-state index contributed by atoms with van der Waals surface area (Å²) in [6.07, 6.45) is 0. The quantitative estimate of drug-likeness (QED) is 0.455. The molecule has 100 valence electrons. The van der Waals surface area contributed by atoms with Gasteiger partial charge in [-0.25, -0.2) is 4.98 Å². The van der Waals surface area contributed by atoms with E-state index in [1.54, 1.807) is 4.90 Å². The SMILES string of the molecule is COCCN(CCO)c1nc(Cl)ccc1[N+](=O)[O-]. The number of aliphatic hydroxyl groups excluding tert-OH is 1.